The fourth-order valence-corrected chi connectivity index (χ4v) is 2.04. The predicted molar refractivity (Wildman–Crippen MR) is 78.2 cm³/mol. The molecule has 2 aromatic rings. The van der Waals surface area contributed by atoms with E-state index in [1.807, 2.05) is 56.3 Å². The molecule has 0 fully saturated rings. The van der Waals surface area contributed by atoms with Gasteiger partial charge < -0.3 is 11.1 Å². The van der Waals surface area contributed by atoms with E-state index in [1.165, 1.54) is 0 Å². The van der Waals surface area contributed by atoms with Crippen LogP contribution < -0.4 is 11.1 Å². The van der Waals surface area contributed by atoms with Crippen LogP contribution in [0.25, 0.3) is 0 Å². The smallest absolute Gasteiger partial charge is 0.255 e. The van der Waals surface area contributed by atoms with Crippen LogP contribution in [0.1, 0.15) is 27.0 Å². The molecular formula is C16H18N2O. The molecule has 0 heterocycles. The van der Waals surface area contributed by atoms with Crippen molar-refractivity contribution in [1.29, 1.82) is 0 Å². The predicted octanol–water partition coefficient (Wildman–Crippen LogP) is 3.01. The summed E-state index contributed by atoms with van der Waals surface area (Å²) in [5.41, 5.74) is 10.2. The maximum atomic E-state index is 12.2. The molecule has 19 heavy (non-hydrogen) atoms. The highest BCUT2D eigenvalue weighted by Crippen LogP contribution is 2.15. The van der Waals surface area contributed by atoms with Gasteiger partial charge in [0, 0.05) is 17.8 Å². The third-order valence-electron chi connectivity index (χ3n) is 3.05. The van der Waals surface area contributed by atoms with Gasteiger partial charge in [-0.1, -0.05) is 29.8 Å². The van der Waals surface area contributed by atoms with Crippen LogP contribution in [0.2, 0.25) is 0 Å². The Labute approximate surface area is 113 Å². The van der Waals surface area contributed by atoms with Crippen molar-refractivity contribution in [3.05, 3.63) is 64.7 Å². The van der Waals surface area contributed by atoms with E-state index in [-0.39, 0.29) is 5.91 Å². The van der Waals surface area contributed by atoms with Gasteiger partial charge >= 0.3 is 0 Å². The van der Waals surface area contributed by atoms with Crippen molar-refractivity contribution in [2.24, 2.45) is 5.73 Å². The number of carbonyl (C=O) groups is 1. The van der Waals surface area contributed by atoms with Crippen molar-refractivity contribution in [2.75, 3.05) is 5.32 Å². The Morgan fingerprint density at radius 1 is 1.16 bits per heavy atom. The molecule has 0 aliphatic heterocycles. The minimum Gasteiger partial charge on any atom is -0.326 e. The molecule has 0 aromatic heterocycles. The Bertz CT molecular complexity index is 605. The second kappa shape index (κ2) is 5.67. The van der Waals surface area contributed by atoms with E-state index in [2.05, 4.69) is 5.32 Å². The summed E-state index contributed by atoms with van der Waals surface area (Å²) in [6.45, 7) is 4.42. The van der Waals surface area contributed by atoms with Crippen LogP contribution in [-0.4, -0.2) is 5.91 Å². The number of aryl methyl sites for hydroxylation is 2. The van der Waals surface area contributed by atoms with E-state index in [4.69, 9.17) is 5.73 Å². The van der Waals surface area contributed by atoms with Gasteiger partial charge in [0.05, 0.1) is 0 Å². The number of amides is 1. The third-order valence-corrected chi connectivity index (χ3v) is 3.05. The largest absolute Gasteiger partial charge is 0.326 e. The van der Waals surface area contributed by atoms with Crippen LogP contribution in [0, 0.1) is 13.8 Å². The first-order valence-corrected chi connectivity index (χ1v) is 6.28. The van der Waals surface area contributed by atoms with E-state index < -0.39 is 0 Å². The van der Waals surface area contributed by atoms with Crippen molar-refractivity contribution < 1.29 is 4.79 Å². The number of benzene rings is 2. The first-order valence-electron chi connectivity index (χ1n) is 6.28. The summed E-state index contributed by atoms with van der Waals surface area (Å²) in [5, 5.41) is 2.90. The molecule has 0 aliphatic carbocycles. The first kappa shape index (κ1) is 13.3. The van der Waals surface area contributed by atoms with Gasteiger partial charge in [-0.3, -0.25) is 4.79 Å². The summed E-state index contributed by atoms with van der Waals surface area (Å²) >= 11 is 0. The van der Waals surface area contributed by atoms with Crippen LogP contribution in [0.5, 0.6) is 0 Å². The lowest BCUT2D eigenvalue weighted by Crippen LogP contribution is -2.13. The molecule has 3 heteroatoms. The number of hydrogen-bond acceptors (Lipinski definition) is 2. The molecule has 0 saturated carbocycles. The quantitative estimate of drug-likeness (QED) is 0.884. The molecule has 0 spiro atoms. The van der Waals surface area contributed by atoms with Crippen molar-refractivity contribution in [3.8, 4) is 0 Å². The van der Waals surface area contributed by atoms with Crippen molar-refractivity contribution in [3.63, 3.8) is 0 Å². The fourth-order valence-electron chi connectivity index (χ4n) is 2.04. The van der Waals surface area contributed by atoms with E-state index in [1.54, 1.807) is 0 Å². The lowest BCUT2D eigenvalue weighted by molar-refractivity contribution is 0.102. The van der Waals surface area contributed by atoms with Crippen molar-refractivity contribution >= 4 is 11.6 Å². The Morgan fingerprint density at radius 2 is 1.95 bits per heavy atom. The standard InChI is InChI=1S/C16H18N2O/c1-11-6-7-15(12(2)8-11)16(19)18-14-5-3-4-13(9-14)10-17/h3-9H,10,17H2,1-2H3,(H,18,19). The highest BCUT2D eigenvalue weighted by molar-refractivity contribution is 6.05. The number of anilines is 1. The average molecular weight is 254 g/mol. The normalized spacial score (nSPS) is 10.3. The van der Waals surface area contributed by atoms with E-state index in [0.29, 0.717) is 12.1 Å². The Morgan fingerprint density at radius 3 is 2.63 bits per heavy atom. The second-order valence-corrected chi connectivity index (χ2v) is 4.68. The zero-order valence-corrected chi connectivity index (χ0v) is 11.2. The first-order chi connectivity index (χ1) is 9.10. The molecule has 0 bridgehead atoms. The maximum Gasteiger partial charge on any atom is 0.255 e. The lowest BCUT2D eigenvalue weighted by Gasteiger charge is -2.09. The highest BCUT2D eigenvalue weighted by atomic mass is 16.1. The van der Waals surface area contributed by atoms with Gasteiger partial charge in [-0.15, -0.1) is 0 Å². The second-order valence-electron chi connectivity index (χ2n) is 4.68. The fraction of sp³-hybridized carbons (Fsp3) is 0.188. The van der Waals surface area contributed by atoms with Crippen LogP contribution in [0.3, 0.4) is 0 Å². The molecule has 2 rings (SSSR count). The molecule has 2 aromatic carbocycles. The SMILES string of the molecule is Cc1ccc(C(=O)Nc2cccc(CN)c2)c(C)c1. The lowest BCUT2D eigenvalue weighted by atomic mass is 10.1. The van der Waals surface area contributed by atoms with E-state index >= 15 is 0 Å². The number of nitrogens with two attached hydrogens (primary N) is 1. The molecule has 98 valence electrons. The summed E-state index contributed by atoms with van der Waals surface area (Å²) in [5.74, 6) is -0.0910. The van der Waals surface area contributed by atoms with Gasteiger partial charge in [0.15, 0.2) is 0 Å². The number of nitrogens with one attached hydrogen (secondary N) is 1. The Hall–Kier alpha value is -2.13. The molecule has 0 radical (unpaired) electrons. The van der Waals surface area contributed by atoms with Gasteiger partial charge in [-0.2, -0.15) is 0 Å². The van der Waals surface area contributed by atoms with Gasteiger partial charge in [-0.05, 0) is 43.2 Å². The van der Waals surface area contributed by atoms with Crippen LogP contribution >= 0.6 is 0 Å². The molecule has 1 amide bonds. The summed E-state index contributed by atoms with van der Waals surface area (Å²) in [6, 6.07) is 13.4. The topological polar surface area (TPSA) is 55.1 Å². The summed E-state index contributed by atoms with van der Waals surface area (Å²) in [4.78, 5) is 12.2. The number of hydrogen-bond donors (Lipinski definition) is 2. The van der Waals surface area contributed by atoms with Crippen molar-refractivity contribution in [1.82, 2.24) is 0 Å². The minimum absolute atomic E-state index is 0.0910. The molecule has 0 atom stereocenters. The van der Waals surface area contributed by atoms with Crippen LogP contribution in [0.4, 0.5) is 5.69 Å². The van der Waals surface area contributed by atoms with Gasteiger partial charge in [0.1, 0.15) is 0 Å². The summed E-state index contributed by atoms with van der Waals surface area (Å²) in [6.07, 6.45) is 0. The van der Waals surface area contributed by atoms with E-state index in [0.717, 1.165) is 22.4 Å². The Balaban J connectivity index is 2.20. The highest BCUT2D eigenvalue weighted by Gasteiger charge is 2.09. The summed E-state index contributed by atoms with van der Waals surface area (Å²) in [7, 11) is 0. The molecule has 0 unspecified atom stereocenters. The number of rotatable bonds is 3. The maximum absolute atomic E-state index is 12.2. The molecule has 3 N–H and O–H groups in total. The Kier molecular flexibility index (Phi) is 3.97. The third kappa shape index (κ3) is 3.20. The monoisotopic (exact) mass is 254 g/mol. The molecule has 3 nitrogen and oxygen atoms in total. The van der Waals surface area contributed by atoms with Crippen LogP contribution in [-0.2, 0) is 6.54 Å². The van der Waals surface area contributed by atoms with Gasteiger partial charge in [-0.25, -0.2) is 0 Å². The number of carbonyl (C=O) groups excluding carboxylic acids is 1. The molecular weight excluding hydrogens is 236 g/mol. The zero-order chi connectivity index (χ0) is 13.8. The van der Waals surface area contributed by atoms with Crippen LogP contribution in [0.15, 0.2) is 42.5 Å². The van der Waals surface area contributed by atoms with Gasteiger partial charge in [0.2, 0.25) is 0 Å². The van der Waals surface area contributed by atoms with E-state index in [9.17, 15) is 4.79 Å². The summed E-state index contributed by atoms with van der Waals surface area (Å²) < 4.78 is 0. The zero-order valence-electron chi connectivity index (χ0n) is 11.2. The molecule has 0 aliphatic rings. The molecule has 0 saturated heterocycles. The average Bonchev–Trinajstić information content (AvgIpc) is 2.38. The minimum atomic E-state index is -0.0910. The van der Waals surface area contributed by atoms with Crippen molar-refractivity contribution in [2.45, 2.75) is 20.4 Å². The van der Waals surface area contributed by atoms with Gasteiger partial charge in [0.25, 0.3) is 5.91 Å².